The van der Waals surface area contributed by atoms with E-state index in [1.54, 1.807) is 6.20 Å². The van der Waals surface area contributed by atoms with Gasteiger partial charge in [-0.2, -0.15) is 0 Å². The first-order valence-electron chi connectivity index (χ1n) is 11.2. The standard InChI is InChI=1S/C27H28N4O/c1-30-12-14-31(15-13-30)19-21-7-4-6-20(16-21)18-29-27(32)25-17-22-8-2-3-9-23(22)24-10-5-11-28-26(24)25/h2-11,16-17H,12-15,18-19H2,1H3,(H,29,32). The normalized spacial score (nSPS) is 15.3. The molecule has 5 rings (SSSR count). The van der Waals surface area contributed by atoms with Gasteiger partial charge in [0.25, 0.3) is 5.91 Å². The molecule has 5 nitrogen and oxygen atoms in total. The van der Waals surface area contributed by atoms with Gasteiger partial charge in [-0.25, -0.2) is 0 Å². The second-order valence-electron chi connectivity index (χ2n) is 8.63. The number of hydrogen-bond acceptors (Lipinski definition) is 4. The minimum atomic E-state index is -0.0936. The van der Waals surface area contributed by atoms with Crippen molar-refractivity contribution in [3.8, 4) is 0 Å². The Hall–Kier alpha value is -3.28. The fraction of sp³-hybridized carbons (Fsp3) is 0.259. The van der Waals surface area contributed by atoms with E-state index in [0.717, 1.165) is 60.0 Å². The van der Waals surface area contributed by atoms with Gasteiger partial charge in [0.1, 0.15) is 0 Å². The summed E-state index contributed by atoms with van der Waals surface area (Å²) in [4.78, 5) is 22.5. The zero-order valence-electron chi connectivity index (χ0n) is 18.4. The average Bonchev–Trinajstić information content (AvgIpc) is 2.84. The number of amides is 1. The third kappa shape index (κ3) is 4.35. The number of likely N-dealkylation sites (N-methyl/N-ethyl adjacent to an activating group) is 1. The van der Waals surface area contributed by atoms with E-state index in [2.05, 4.69) is 57.5 Å². The van der Waals surface area contributed by atoms with Crippen molar-refractivity contribution in [2.24, 2.45) is 0 Å². The van der Waals surface area contributed by atoms with Gasteiger partial charge in [-0.05, 0) is 41.1 Å². The Labute approximate surface area is 188 Å². The van der Waals surface area contributed by atoms with E-state index >= 15 is 0 Å². The van der Waals surface area contributed by atoms with Gasteiger partial charge in [0.05, 0.1) is 11.1 Å². The maximum Gasteiger partial charge on any atom is 0.253 e. The van der Waals surface area contributed by atoms with Crippen LogP contribution in [0, 0.1) is 0 Å². The third-order valence-electron chi connectivity index (χ3n) is 6.30. The summed E-state index contributed by atoms with van der Waals surface area (Å²) in [6.07, 6.45) is 1.75. The molecule has 0 unspecified atom stereocenters. The van der Waals surface area contributed by atoms with Crippen molar-refractivity contribution in [3.63, 3.8) is 0 Å². The van der Waals surface area contributed by atoms with E-state index in [4.69, 9.17) is 0 Å². The molecular weight excluding hydrogens is 396 g/mol. The molecule has 5 heteroatoms. The molecule has 1 fully saturated rings. The molecule has 1 aliphatic heterocycles. The number of carbonyl (C=O) groups is 1. The molecule has 1 N–H and O–H groups in total. The summed E-state index contributed by atoms with van der Waals surface area (Å²) in [5.74, 6) is -0.0936. The number of rotatable bonds is 5. The predicted molar refractivity (Wildman–Crippen MR) is 130 cm³/mol. The first-order valence-corrected chi connectivity index (χ1v) is 11.2. The van der Waals surface area contributed by atoms with Crippen LogP contribution in [-0.4, -0.2) is 53.9 Å². The van der Waals surface area contributed by atoms with Crippen molar-refractivity contribution >= 4 is 27.6 Å². The summed E-state index contributed by atoms with van der Waals surface area (Å²) in [7, 11) is 2.18. The molecular formula is C27H28N4O. The van der Waals surface area contributed by atoms with Crippen molar-refractivity contribution in [3.05, 3.63) is 89.6 Å². The van der Waals surface area contributed by atoms with Gasteiger partial charge in [0.15, 0.2) is 0 Å². The van der Waals surface area contributed by atoms with Gasteiger partial charge in [-0.15, -0.1) is 0 Å². The average molecular weight is 425 g/mol. The van der Waals surface area contributed by atoms with Gasteiger partial charge >= 0.3 is 0 Å². The predicted octanol–water partition coefficient (Wildman–Crippen LogP) is 4.07. The number of aromatic nitrogens is 1. The topological polar surface area (TPSA) is 48.5 Å². The largest absolute Gasteiger partial charge is 0.348 e. The highest BCUT2D eigenvalue weighted by atomic mass is 16.1. The molecule has 1 aliphatic rings. The van der Waals surface area contributed by atoms with Crippen LogP contribution >= 0.6 is 0 Å². The fourth-order valence-electron chi connectivity index (χ4n) is 4.48. The SMILES string of the molecule is CN1CCN(Cc2cccc(CNC(=O)c3cc4ccccc4c4cccnc34)c2)CC1. The summed E-state index contributed by atoms with van der Waals surface area (Å²) >= 11 is 0. The first kappa shape index (κ1) is 20.6. The summed E-state index contributed by atoms with van der Waals surface area (Å²) in [6, 6.07) is 22.6. The van der Waals surface area contributed by atoms with Crippen molar-refractivity contribution in [1.82, 2.24) is 20.1 Å². The van der Waals surface area contributed by atoms with Crippen LogP contribution in [0.25, 0.3) is 21.7 Å². The molecule has 0 bridgehead atoms. The smallest absolute Gasteiger partial charge is 0.253 e. The number of benzene rings is 3. The molecule has 3 aromatic carbocycles. The van der Waals surface area contributed by atoms with Crippen LogP contribution in [0.4, 0.5) is 0 Å². The number of fused-ring (bicyclic) bond motifs is 3. The molecule has 4 aromatic rings. The van der Waals surface area contributed by atoms with Crippen LogP contribution in [0.2, 0.25) is 0 Å². The Morgan fingerprint density at radius 1 is 0.906 bits per heavy atom. The minimum absolute atomic E-state index is 0.0936. The van der Waals surface area contributed by atoms with Gasteiger partial charge in [0.2, 0.25) is 0 Å². The molecule has 0 aliphatic carbocycles. The molecule has 0 spiro atoms. The summed E-state index contributed by atoms with van der Waals surface area (Å²) in [6.45, 7) is 5.87. The van der Waals surface area contributed by atoms with Gasteiger partial charge < -0.3 is 10.2 Å². The van der Waals surface area contributed by atoms with Crippen LogP contribution in [0.15, 0.2) is 72.9 Å². The Morgan fingerprint density at radius 2 is 1.69 bits per heavy atom. The second kappa shape index (κ2) is 9.07. The highest BCUT2D eigenvalue weighted by Crippen LogP contribution is 2.27. The maximum atomic E-state index is 13.1. The van der Waals surface area contributed by atoms with Gasteiger partial charge in [-0.1, -0.05) is 54.6 Å². The van der Waals surface area contributed by atoms with Crippen molar-refractivity contribution in [2.75, 3.05) is 33.2 Å². The molecule has 0 radical (unpaired) electrons. The second-order valence-corrected chi connectivity index (χ2v) is 8.63. The number of piperazine rings is 1. The van der Waals surface area contributed by atoms with E-state index in [9.17, 15) is 4.79 Å². The van der Waals surface area contributed by atoms with Crippen molar-refractivity contribution < 1.29 is 4.79 Å². The first-order chi connectivity index (χ1) is 15.7. The highest BCUT2D eigenvalue weighted by molar-refractivity contribution is 6.15. The van der Waals surface area contributed by atoms with Crippen molar-refractivity contribution in [1.29, 1.82) is 0 Å². The van der Waals surface area contributed by atoms with E-state index in [-0.39, 0.29) is 5.91 Å². The van der Waals surface area contributed by atoms with Crippen LogP contribution < -0.4 is 5.32 Å². The van der Waals surface area contributed by atoms with E-state index in [1.165, 1.54) is 5.56 Å². The number of nitrogens with one attached hydrogen (secondary N) is 1. The molecule has 162 valence electrons. The van der Waals surface area contributed by atoms with Crippen LogP contribution in [0.5, 0.6) is 0 Å². The summed E-state index contributed by atoms with van der Waals surface area (Å²) in [5, 5.41) is 6.28. The molecule has 0 saturated carbocycles. The van der Waals surface area contributed by atoms with Gasteiger partial charge in [0, 0.05) is 50.9 Å². The number of pyridine rings is 1. The molecule has 0 atom stereocenters. The Morgan fingerprint density at radius 3 is 2.56 bits per heavy atom. The monoisotopic (exact) mass is 424 g/mol. The van der Waals surface area contributed by atoms with Crippen LogP contribution in [0.1, 0.15) is 21.5 Å². The molecule has 1 aromatic heterocycles. The quantitative estimate of drug-likeness (QED) is 0.491. The summed E-state index contributed by atoms with van der Waals surface area (Å²) in [5.41, 5.74) is 3.77. The Kier molecular flexibility index (Phi) is 5.84. The maximum absolute atomic E-state index is 13.1. The zero-order valence-corrected chi connectivity index (χ0v) is 18.4. The number of nitrogens with zero attached hydrogens (tertiary/aromatic N) is 3. The summed E-state index contributed by atoms with van der Waals surface area (Å²) < 4.78 is 0. The zero-order chi connectivity index (χ0) is 21.9. The van der Waals surface area contributed by atoms with E-state index < -0.39 is 0 Å². The molecule has 2 heterocycles. The Balaban J connectivity index is 1.32. The highest BCUT2D eigenvalue weighted by Gasteiger charge is 2.15. The lowest BCUT2D eigenvalue weighted by Crippen LogP contribution is -2.43. The Bertz CT molecular complexity index is 1260. The third-order valence-corrected chi connectivity index (χ3v) is 6.30. The van der Waals surface area contributed by atoms with Crippen LogP contribution in [-0.2, 0) is 13.1 Å². The fourth-order valence-corrected chi connectivity index (χ4v) is 4.48. The van der Waals surface area contributed by atoms with E-state index in [1.807, 2.05) is 36.4 Å². The lowest BCUT2D eigenvalue weighted by Gasteiger charge is -2.32. The lowest BCUT2D eigenvalue weighted by molar-refractivity contribution is 0.0952. The van der Waals surface area contributed by atoms with Crippen LogP contribution in [0.3, 0.4) is 0 Å². The lowest BCUT2D eigenvalue weighted by atomic mass is 10.0. The van der Waals surface area contributed by atoms with Gasteiger partial charge in [-0.3, -0.25) is 14.7 Å². The molecule has 1 saturated heterocycles. The number of hydrogen-bond donors (Lipinski definition) is 1. The van der Waals surface area contributed by atoms with Crippen molar-refractivity contribution in [2.45, 2.75) is 13.1 Å². The minimum Gasteiger partial charge on any atom is -0.348 e. The molecule has 32 heavy (non-hydrogen) atoms. The van der Waals surface area contributed by atoms with E-state index in [0.29, 0.717) is 12.1 Å². The molecule has 1 amide bonds. The number of carbonyl (C=O) groups excluding carboxylic acids is 1.